The number of hydrogen-bond acceptors (Lipinski definition) is 4. The van der Waals surface area contributed by atoms with Gasteiger partial charge in [-0.2, -0.15) is 0 Å². The average Bonchev–Trinajstić information content (AvgIpc) is 3.02. The fraction of sp³-hybridized carbons (Fsp3) is 0.864. The minimum Gasteiger partial charge on any atom is -0.463 e. The van der Waals surface area contributed by atoms with Crippen molar-refractivity contribution in [3.63, 3.8) is 0 Å². The van der Waals surface area contributed by atoms with Crippen LogP contribution in [0.25, 0.3) is 0 Å². The first-order valence-electron chi connectivity index (χ1n) is 11.3. The Morgan fingerprint density at radius 2 is 1.57 bits per heavy atom. The van der Waals surface area contributed by atoms with E-state index >= 15 is 0 Å². The summed E-state index contributed by atoms with van der Waals surface area (Å²) in [5.74, 6) is -0.235. The molecule has 2 atom stereocenters. The topological polar surface area (TPSA) is 72.8 Å². The predicted molar refractivity (Wildman–Crippen MR) is 115 cm³/mol. The summed E-state index contributed by atoms with van der Waals surface area (Å²) >= 11 is 0. The maximum absolute atomic E-state index is 11.7. The van der Waals surface area contributed by atoms with Crippen LogP contribution >= 0.6 is 7.60 Å². The van der Waals surface area contributed by atoms with Gasteiger partial charge in [0, 0.05) is 6.42 Å². The lowest BCUT2D eigenvalue weighted by molar-refractivity contribution is -0.146. The summed E-state index contributed by atoms with van der Waals surface area (Å²) in [6, 6.07) is 0. The highest BCUT2D eigenvalue weighted by molar-refractivity contribution is 7.53. The predicted octanol–water partition coefficient (Wildman–Crippen LogP) is 6.54. The Hall–Kier alpha value is -0.640. The number of rotatable bonds is 17. The van der Waals surface area contributed by atoms with Crippen molar-refractivity contribution < 1.29 is 23.5 Å². The highest BCUT2D eigenvalue weighted by Gasteiger charge is 2.33. The molecule has 1 aliphatic heterocycles. The van der Waals surface area contributed by atoms with Crippen LogP contribution in [0, 0.1) is 0 Å². The minimum absolute atomic E-state index is 0.0917. The second-order valence-corrected chi connectivity index (χ2v) is 9.83. The molecule has 0 aliphatic carbocycles. The molecule has 1 heterocycles. The van der Waals surface area contributed by atoms with Crippen LogP contribution in [0.2, 0.25) is 0 Å². The minimum atomic E-state index is -3.41. The molecule has 164 valence electrons. The van der Waals surface area contributed by atoms with Crippen molar-refractivity contribution in [3.8, 4) is 0 Å². The summed E-state index contributed by atoms with van der Waals surface area (Å²) in [6.07, 6.45) is 21.3. The maximum atomic E-state index is 11.7. The summed E-state index contributed by atoms with van der Waals surface area (Å²) in [6.45, 7) is 2.35. The molecule has 1 N–H and O–H groups in total. The SMILES string of the molecule is CCCCCCCC/C=C\CCCCCCCC(=O)OC[C@H]1CCP(=O)(O)O1. The third-order valence-corrected chi connectivity index (χ3v) is 6.57. The quantitative estimate of drug-likeness (QED) is 0.126. The van der Waals surface area contributed by atoms with Crippen LogP contribution < -0.4 is 0 Å². The van der Waals surface area contributed by atoms with E-state index in [0.717, 1.165) is 25.7 Å². The third-order valence-electron chi connectivity index (χ3n) is 5.12. The first-order chi connectivity index (χ1) is 13.5. The van der Waals surface area contributed by atoms with Gasteiger partial charge >= 0.3 is 13.6 Å². The molecule has 0 aromatic rings. The van der Waals surface area contributed by atoms with Gasteiger partial charge in [-0.25, -0.2) is 0 Å². The molecule has 28 heavy (non-hydrogen) atoms. The van der Waals surface area contributed by atoms with Gasteiger partial charge in [0.2, 0.25) is 0 Å². The molecule has 5 nitrogen and oxygen atoms in total. The van der Waals surface area contributed by atoms with E-state index in [1.54, 1.807) is 0 Å². The van der Waals surface area contributed by atoms with Crippen molar-refractivity contribution >= 4 is 13.6 Å². The lowest BCUT2D eigenvalue weighted by atomic mass is 10.1. The van der Waals surface area contributed by atoms with Gasteiger partial charge in [0.15, 0.2) is 0 Å². The second-order valence-electron chi connectivity index (χ2n) is 7.89. The fourth-order valence-corrected chi connectivity index (χ4v) is 4.71. The Kier molecular flexibility index (Phi) is 14.7. The molecule has 1 saturated heterocycles. The molecule has 0 aromatic heterocycles. The van der Waals surface area contributed by atoms with Gasteiger partial charge < -0.3 is 14.2 Å². The van der Waals surface area contributed by atoms with Crippen molar-refractivity contribution in [1.29, 1.82) is 0 Å². The van der Waals surface area contributed by atoms with Crippen LogP contribution in [0.3, 0.4) is 0 Å². The zero-order valence-corrected chi connectivity index (χ0v) is 18.7. The molecule has 1 unspecified atom stereocenters. The highest BCUT2D eigenvalue weighted by Crippen LogP contribution is 2.50. The Labute approximate surface area is 171 Å². The van der Waals surface area contributed by atoms with Crippen molar-refractivity contribution in [2.75, 3.05) is 12.8 Å². The van der Waals surface area contributed by atoms with E-state index in [1.165, 1.54) is 57.8 Å². The van der Waals surface area contributed by atoms with E-state index in [1.807, 2.05) is 0 Å². The van der Waals surface area contributed by atoms with E-state index in [4.69, 9.17) is 9.26 Å². The Balaban J connectivity index is 1.81. The second kappa shape index (κ2) is 16.2. The molecule has 6 heteroatoms. The normalized spacial score (nSPS) is 22.1. The van der Waals surface area contributed by atoms with Crippen molar-refractivity contribution in [2.45, 2.75) is 109 Å². The summed E-state index contributed by atoms with van der Waals surface area (Å²) in [5, 5.41) is 0. The Morgan fingerprint density at radius 3 is 2.14 bits per heavy atom. The molecular weight excluding hydrogens is 375 g/mol. The maximum Gasteiger partial charge on any atom is 0.328 e. The molecule has 1 aliphatic rings. The monoisotopic (exact) mass is 416 g/mol. The van der Waals surface area contributed by atoms with Crippen LogP contribution in [0.1, 0.15) is 103 Å². The number of ether oxygens (including phenoxy) is 1. The van der Waals surface area contributed by atoms with Crippen LogP contribution in [0.15, 0.2) is 12.2 Å². The van der Waals surface area contributed by atoms with E-state index in [0.29, 0.717) is 12.8 Å². The molecule has 0 aromatic carbocycles. The Morgan fingerprint density at radius 1 is 1.00 bits per heavy atom. The molecule has 0 saturated carbocycles. The first kappa shape index (κ1) is 25.4. The highest BCUT2D eigenvalue weighted by atomic mass is 31.2. The number of carbonyl (C=O) groups is 1. The number of unbranched alkanes of at least 4 members (excludes halogenated alkanes) is 11. The largest absolute Gasteiger partial charge is 0.463 e. The summed E-state index contributed by atoms with van der Waals surface area (Å²) in [7, 11) is -3.41. The zero-order chi connectivity index (χ0) is 20.5. The van der Waals surface area contributed by atoms with Crippen molar-refractivity contribution in [3.05, 3.63) is 12.2 Å². The zero-order valence-electron chi connectivity index (χ0n) is 17.8. The van der Waals surface area contributed by atoms with E-state index in [-0.39, 0.29) is 18.7 Å². The van der Waals surface area contributed by atoms with Gasteiger partial charge in [-0.05, 0) is 38.5 Å². The molecule has 0 spiro atoms. The van der Waals surface area contributed by atoms with E-state index < -0.39 is 13.7 Å². The molecule has 0 bridgehead atoms. The van der Waals surface area contributed by atoms with Gasteiger partial charge in [-0.1, -0.05) is 70.4 Å². The van der Waals surface area contributed by atoms with Crippen LogP contribution in [0.4, 0.5) is 0 Å². The standard InChI is InChI=1S/C22H41O5P/c1-2-3-4-5-6-7-8-9-10-11-12-13-14-15-16-17-22(23)26-20-21-18-19-28(24,25)27-21/h9-10,21H,2-8,11-20H2,1H3,(H,24,25)/b10-9-/t21-/m1/s1. The smallest absolute Gasteiger partial charge is 0.328 e. The molecular formula is C22H41O5P. The van der Waals surface area contributed by atoms with Crippen LogP contribution in [-0.4, -0.2) is 29.7 Å². The first-order valence-corrected chi connectivity index (χ1v) is 13.1. The average molecular weight is 417 g/mol. The van der Waals surface area contributed by atoms with Crippen molar-refractivity contribution in [1.82, 2.24) is 0 Å². The summed E-state index contributed by atoms with van der Waals surface area (Å²) < 4.78 is 21.4. The van der Waals surface area contributed by atoms with E-state index in [2.05, 4.69) is 19.1 Å². The number of esters is 1. The third kappa shape index (κ3) is 14.4. The summed E-state index contributed by atoms with van der Waals surface area (Å²) in [5.41, 5.74) is 0. The lowest BCUT2D eigenvalue weighted by Crippen LogP contribution is -2.17. The fourth-order valence-electron chi connectivity index (χ4n) is 3.36. The number of allylic oxidation sites excluding steroid dienone is 2. The number of hydrogen-bond donors (Lipinski definition) is 1. The molecule has 0 amide bonds. The lowest BCUT2D eigenvalue weighted by Gasteiger charge is -2.10. The summed E-state index contributed by atoms with van der Waals surface area (Å²) in [4.78, 5) is 20.9. The van der Waals surface area contributed by atoms with Gasteiger partial charge in [-0.15, -0.1) is 0 Å². The van der Waals surface area contributed by atoms with Gasteiger partial charge in [0.1, 0.15) is 12.7 Å². The van der Waals surface area contributed by atoms with Gasteiger partial charge in [-0.3, -0.25) is 9.36 Å². The van der Waals surface area contributed by atoms with Crippen LogP contribution in [0.5, 0.6) is 0 Å². The molecule has 1 rings (SSSR count). The number of carbonyl (C=O) groups excluding carboxylic acids is 1. The molecule has 1 fully saturated rings. The van der Waals surface area contributed by atoms with Crippen LogP contribution in [-0.2, 0) is 18.6 Å². The molecule has 0 radical (unpaired) electrons. The van der Waals surface area contributed by atoms with Gasteiger partial charge in [0.05, 0.1) is 6.16 Å². The van der Waals surface area contributed by atoms with Gasteiger partial charge in [0.25, 0.3) is 0 Å². The van der Waals surface area contributed by atoms with E-state index in [9.17, 15) is 14.3 Å². The Bertz CT molecular complexity index is 478. The van der Waals surface area contributed by atoms with Crippen molar-refractivity contribution in [2.24, 2.45) is 0 Å².